The lowest BCUT2D eigenvalue weighted by atomic mass is 10.0. The minimum atomic E-state index is -4.49. The molecular formula is C18H14F2N2O2S2. The molecule has 0 radical (unpaired) electrons. The number of aryl methyl sites for hydroxylation is 1. The summed E-state index contributed by atoms with van der Waals surface area (Å²) < 4.78 is 50.7. The maximum atomic E-state index is 14.1. The van der Waals surface area contributed by atoms with Gasteiger partial charge in [-0.15, -0.1) is 12.6 Å². The molecule has 0 bridgehead atoms. The Morgan fingerprint density at radius 3 is 2.19 bits per heavy atom. The van der Waals surface area contributed by atoms with Crippen molar-refractivity contribution in [1.29, 1.82) is 0 Å². The van der Waals surface area contributed by atoms with Gasteiger partial charge in [0.25, 0.3) is 0 Å². The Kier molecular flexibility index (Phi) is 4.83. The maximum Gasteiger partial charge on any atom is 0.243 e. The standard InChI is InChI=1S/C18H14F2N2O2S2/c1-10-3-2-4-16(22-10)13-6-5-11(9-17(13)25)12-7-14(19)18(15(20)8-12)26(21,23)24/h2-9,25H,1H3,(H2,21,23,24). The zero-order valence-electron chi connectivity index (χ0n) is 13.6. The van der Waals surface area contributed by atoms with Crippen LogP contribution in [0.15, 0.2) is 58.3 Å². The third-order valence-corrected chi connectivity index (χ3v) is 5.11. The number of halogens is 2. The molecule has 0 fully saturated rings. The third kappa shape index (κ3) is 3.62. The van der Waals surface area contributed by atoms with Crippen molar-refractivity contribution >= 4 is 22.7 Å². The molecule has 3 rings (SSSR count). The van der Waals surface area contributed by atoms with E-state index in [1.165, 1.54) is 0 Å². The molecule has 1 heterocycles. The fourth-order valence-corrected chi connectivity index (χ4v) is 3.61. The Balaban J connectivity index is 2.08. The second-order valence-corrected chi connectivity index (χ2v) is 7.69. The van der Waals surface area contributed by atoms with E-state index < -0.39 is 26.6 Å². The van der Waals surface area contributed by atoms with Crippen molar-refractivity contribution in [2.75, 3.05) is 0 Å². The Labute approximate surface area is 155 Å². The minimum absolute atomic E-state index is 0.173. The molecule has 4 nitrogen and oxygen atoms in total. The van der Waals surface area contributed by atoms with Gasteiger partial charge in [-0.05, 0) is 48.4 Å². The molecule has 0 unspecified atom stereocenters. The second kappa shape index (κ2) is 6.79. The highest BCUT2D eigenvalue weighted by Crippen LogP contribution is 2.32. The minimum Gasteiger partial charge on any atom is -0.253 e. The van der Waals surface area contributed by atoms with Crippen molar-refractivity contribution < 1.29 is 17.2 Å². The van der Waals surface area contributed by atoms with Crippen molar-refractivity contribution in [2.45, 2.75) is 16.7 Å². The average molecular weight is 392 g/mol. The van der Waals surface area contributed by atoms with Crippen molar-refractivity contribution in [2.24, 2.45) is 5.14 Å². The van der Waals surface area contributed by atoms with Crippen LogP contribution in [0, 0.1) is 18.6 Å². The molecule has 0 saturated heterocycles. The molecule has 1 aromatic heterocycles. The van der Waals surface area contributed by atoms with Crippen LogP contribution in [0.2, 0.25) is 0 Å². The van der Waals surface area contributed by atoms with E-state index in [0.717, 1.165) is 29.1 Å². The van der Waals surface area contributed by atoms with Crippen LogP contribution in [0.5, 0.6) is 0 Å². The van der Waals surface area contributed by atoms with Crippen LogP contribution in [0.25, 0.3) is 22.4 Å². The summed E-state index contributed by atoms with van der Waals surface area (Å²) in [7, 11) is -4.49. The molecule has 0 aliphatic rings. The lowest BCUT2D eigenvalue weighted by Gasteiger charge is -2.10. The van der Waals surface area contributed by atoms with Gasteiger partial charge >= 0.3 is 0 Å². The van der Waals surface area contributed by atoms with Crippen LogP contribution in [0.3, 0.4) is 0 Å². The van der Waals surface area contributed by atoms with E-state index in [1.54, 1.807) is 18.2 Å². The van der Waals surface area contributed by atoms with E-state index >= 15 is 0 Å². The van der Waals surface area contributed by atoms with Gasteiger partial charge in [0.15, 0.2) is 4.90 Å². The smallest absolute Gasteiger partial charge is 0.243 e. The van der Waals surface area contributed by atoms with Gasteiger partial charge in [-0.3, -0.25) is 4.98 Å². The summed E-state index contributed by atoms with van der Waals surface area (Å²) in [5.74, 6) is -2.49. The molecule has 26 heavy (non-hydrogen) atoms. The van der Waals surface area contributed by atoms with E-state index in [0.29, 0.717) is 10.5 Å². The van der Waals surface area contributed by atoms with E-state index in [1.807, 2.05) is 25.1 Å². The van der Waals surface area contributed by atoms with Gasteiger partial charge in [0, 0.05) is 16.2 Å². The fraction of sp³-hybridized carbons (Fsp3) is 0.0556. The number of nitrogens with zero attached hydrogens (tertiary/aromatic N) is 1. The van der Waals surface area contributed by atoms with Crippen molar-refractivity contribution in [3.8, 4) is 22.4 Å². The number of hydrogen-bond acceptors (Lipinski definition) is 4. The maximum absolute atomic E-state index is 14.1. The van der Waals surface area contributed by atoms with Gasteiger partial charge < -0.3 is 0 Å². The van der Waals surface area contributed by atoms with Gasteiger partial charge in [0.2, 0.25) is 10.0 Å². The van der Waals surface area contributed by atoms with Crippen LogP contribution in [-0.2, 0) is 10.0 Å². The highest BCUT2D eigenvalue weighted by Gasteiger charge is 2.21. The van der Waals surface area contributed by atoms with Gasteiger partial charge in [0.05, 0.1) is 5.69 Å². The molecule has 0 spiro atoms. The first-order valence-electron chi connectivity index (χ1n) is 7.46. The summed E-state index contributed by atoms with van der Waals surface area (Å²) in [5.41, 5.74) is 2.99. The SMILES string of the molecule is Cc1cccc(-c2ccc(-c3cc(F)c(S(N)(=O)=O)c(F)c3)cc2S)n1. The molecule has 8 heteroatoms. The zero-order chi connectivity index (χ0) is 19.1. The monoisotopic (exact) mass is 392 g/mol. The predicted octanol–water partition coefficient (Wildman–Crippen LogP) is 3.94. The lowest BCUT2D eigenvalue weighted by Crippen LogP contribution is -2.16. The first-order valence-corrected chi connectivity index (χ1v) is 9.45. The average Bonchev–Trinajstić information content (AvgIpc) is 2.52. The van der Waals surface area contributed by atoms with Gasteiger partial charge in [0.1, 0.15) is 11.6 Å². The molecule has 0 aliphatic heterocycles. The number of nitrogens with two attached hydrogens (primary N) is 1. The largest absolute Gasteiger partial charge is 0.253 e. The number of aromatic nitrogens is 1. The molecule has 0 saturated carbocycles. The number of hydrogen-bond donors (Lipinski definition) is 2. The Bertz CT molecular complexity index is 1090. The highest BCUT2D eigenvalue weighted by atomic mass is 32.2. The Morgan fingerprint density at radius 1 is 1.00 bits per heavy atom. The summed E-state index contributed by atoms with van der Waals surface area (Å²) >= 11 is 4.44. The number of benzene rings is 2. The van der Waals surface area contributed by atoms with Crippen LogP contribution in [0.4, 0.5) is 8.78 Å². The summed E-state index contributed by atoms with van der Waals surface area (Å²) in [6.07, 6.45) is 0. The predicted molar refractivity (Wildman–Crippen MR) is 98.4 cm³/mol. The van der Waals surface area contributed by atoms with Crippen LogP contribution in [-0.4, -0.2) is 13.4 Å². The van der Waals surface area contributed by atoms with E-state index in [9.17, 15) is 17.2 Å². The number of primary sulfonamides is 1. The molecule has 0 amide bonds. The first kappa shape index (κ1) is 18.5. The number of sulfonamides is 1. The number of rotatable bonds is 3. The van der Waals surface area contributed by atoms with Crippen LogP contribution in [0.1, 0.15) is 5.69 Å². The van der Waals surface area contributed by atoms with Crippen LogP contribution >= 0.6 is 12.6 Å². The topological polar surface area (TPSA) is 73.1 Å². The van der Waals surface area contributed by atoms with Gasteiger partial charge in [-0.1, -0.05) is 18.2 Å². The van der Waals surface area contributed by atoms with Crippen molar-refractivity contribution in [1.82, 2.24) is 4.98 Å². The normalized spacial score (nSPS) is 11.6. The summed E-state index contributed by atoms with van der Waals surface area (Å²) in [4.78, 5) is 3.85. The summed E-state index contributed by atoms with van der Waals surface area (Å²) in [6, 6.07) is 12.5. The third-order valence-electron chi connectivity index (χ3n) is 3.78. The first-order chi connectivity index (χ1) is 12.2. The molecule has 0 atom stereocenters. The zero-order valence-corrected chi connectivity index (χ0v) is 15.3. The molecule has 134 valence electrons. The number of thiol groups is 1. The number of pyridine rings is 1. The molecule has 2 N–H and O–H groups in total. The van der Waals surface area contributed by atoms with Crippen LogP contribution < -0.4 is 5.14 Å². The second-order valence-electron chi connectivity index (χ2n) is 5.71. The van der Waals surface area contributed by atoms with Gasteiger partial charge in [-0.2, -0.15) is 0 Å². The highest BCUT2D eigenvalue weighted by molar-refractivity contribution is 7.89. The quantitative estimate of drug-likeness (QED) is 0.663. The Morgan fingerprint density at radius 2 is 1.65 bits per heavy atom. The molecular weight excluding hydrogens is 378 g/mol. The fourth-order valence-electron chi connectivity index (χ4n) is 2.62. The molecule has 0 aliphatic carbocycles. The Hall–Kier alpha value is -2.29. The van der Waals surface area contributed by atoms with E-state index in [2.05, 4.69) is 17.6 Å². The van der Waals surface area contributed by atoms with E-state index in [4.69, 9.17) is 5.14 Å². The van der Waals surface area contributed by atoms with Crippen molar-refractivity contribution in [3.05, 3.63) is 65.9 Å². The summed E-state index contributed by atoms with van der Waals surface area (Å²) in [5, 5.41) is 4.84. The van der Waals surface area contributed by atoms with E-state index in [-0.39, 0.29) is 5.56 Å². The lowest BCUT2D eigenvalue weighted by molar-refractivity contribution is 0.520. The summed E-state index contributed by atoms with van der Waals surface area (Å²) in [6.45, 7) is 1.87. The van der Waals surface area contributed by atoms with Gasteiger partial charge in [-0.25, -0.2) is 22.3 Å². The molecule has 3 aromatic rings. The molecule has 2 aromatic carbocycles. The van der Waals surface area contributed by atoms with Crippen molar-refractivity contribution in [3.63, 3.8) is 0 Å².